The molecule has 0 aliphatic rings. The van der Waals surface area contributed by atoms with Gasteiger partial charge in [-0.15, -0.1) is 0 Å². The number of hydrogen-bond donors (Lipinski definition) is 1. The molecule has 4 nitrogen and oxygen atoms in total. The van der Waals surface area contributed by atoms with Gasteiger partial charge in [0.05, 0.1) is 9.92 Å². The average molecular weight is 337 g/mol. The second-order valence-corrected chi connectivity index (χ2v) is 7.57. The highest BCUT2D eigenvalue weighted by Crippen LogP contribution is 2.26. The molecule has 0 atom stereocenters. The summed E-state index contributed by atoms with van der Waals surface area (Å²) in [4.78, 5) is -0.0582. The number of hydrogen-bond acceptors (Lipinski definition) is 3. The molecule has 1 aromatic rings. The lowest BCUT2D eigenvalue weighted by atomic mass is 10.2. The first kappa shape index (κ1) is 18.4. The number of sulfonamides is 1. The Morgan fingerprint density at radius 2 is 2.00 bits per heavy atom. The van der Waals surface area contributed by atoms with Gasteiger partial charge in [-0.2, -0.15) is 4.31 Å². The van der Waals surface area contributed by atoms with E-state index < -0.39 is 15.8 Å². The zero-order chi connectivity index (χ0) is 16.2. The molecule has 0 aliphatic heterocycles. The second kappa shape index (κ2) is 7.54. The van der Waals surface area contributed by atoms with Gasteiger partial charge in [-0.3, -0.25) is 0 Å². The minimum atomic E-state index is -3.72. The summed E-state index contributed by atoms with van der Waals surface area (Å²) < 4.78 is 40.5. The van der Waals surface area contributed by atoms with Crippen molar-refractivity contribution in [1.29, 1.82) is 0 Å². The van der Waals surface area contributed by atoms with Crippen LogP contribution < -0.4 is 5.32 Å². The van der Waals surface area contributed by atoms with E-state index in [2.05, 4.69) is 5.32 Å². The van der Waals surface area contributed by atoms with Crippen LogP contribution in [0.5, 0.6) is 0 Å². The first-order chi connectivity index (χ1) is 9.73. The summed E-state index contributed by atoms with van der Waals surface area (Å²) in [7, 11) is -2.03. The van der Waals surface area contributed by atoms with Crippen LogP contribution in [0.1, 0.15) is 26.3 Å². The zero-order valence-electron chi connectivity index (χ0n) is 12.8. The normalized spacial score (nSPS) is 12.4. The molecular formula is C14H22ClFN2O2S. The highest BCUT2D eigenvalue weighted by Gasteiger charge is 2.25. The van der Waals surface area contributed by atoms with Gasteiger partial charge in [0.2, 0.25) is 10.0 Å². The van der Waals surface area contributed by atoms with Gasteiger partial charge in [0.25, 0.3) is 0 Å². The predicted octanol–water partition coefficient (Wildman–Crippen LogP) is 2.87. The Morgan fingerprint density at radius 1 is 1.38 bits per heavy atom. The van der Waals surface area contributed by atoms with Crippen molar-refractivity contribution >= 4 is 21.6 Å². The number of nitrogens with zero attached hydrogens (tertiary/aromatic N) is 1. The maximum Gasteiger partial charge on any atom is 0.243 e. The summed E-state index contributed by atoms with van der Waals surface area (Å²) in [6.45, 7) is 6.67. The third kappa shape index (κ3) is 4.39. The van der Waals surface area contributed by atoms with E-state index in [1.54, 1.807) is 14.0 Å². The molecule has 120 valence electrons. The van der Waals surface area contributed by atoms with Crippen molar-refractivity contribution in [2.45, 2.75) is 32.2 Å². The van der Waals surface area contributed by atoms with Crippen molar-refractivity contribution in [3.63, 3.8) is 0 Å². The van der Waals surface area contributed by atoms with Crippen molar-refractivity contribution in [2.24, 2.45) is 5.92 Å². The Hall–Kier alpha value is -0.690. The first-order valence-corrected chi connectivity index (χ1v) is 8.68. The Kier molecular flexibility index (Phi) is 6.59. The van der Waals surface area contributed by atoms with E-state index in [0.717, 1.165) is 6.07 Å². The van der Waals surface area contributed by atoms with Gasteiger partial charge < -0.3 is 5.32 Å². The summed E-state index contributed by atoms with van der Waals surface area (Å²) in [5.41, 5.74) is 0.429. The predicted molar refractivity (Wildman–Crippen MR) is 83.4 cm³/mol. The molecule has 21 heavy (non-hydrogen) atoms. The molecule has 0 spiro atoms. The van der Waals surface area contributed by atoms with Crippen LogP contribution in [0.15, 0.2) is 17.0 Å². The van der Waals surface area contributed by atoms with Crippen molar-refractivity contribution in [2.75, 3.05) is 20.1 Å². The smallest absolute Gasteiger partial charge is 0.243 e. The van der Waals surface area contributed by atoms with Gasteiger partial charge in [-0.05, 0) is 30.7 Å². The lowest BCUT2D eigenvalue weighted by molar-refractivity contribution is 0.380. The van der Waals surface area contributed by atoms with Crippen LogP contribution >= 0.6 is 11.6 Å². The van der Waals surface area contributed by atoms with Crippen LogP contribution in [0, 0.1) is 11.7 Å². The monoisotopic (exact) mass is 336 g/mol. The number of rotatable bonds is 7. The first-order valence-electron chi connectivity index (χ1n) is 6.86. The molecule has 0 aliphatic carbocycles. The Balaban J connectivity index is 3.30. The molecule has 0 saturated carbocycles. The van der Waals surface area contributed by atoms with Gasteiger partial charge in [-0.1, -0.05) is 32.4 Å². The fraction of sp³-hybridized carbons (Fsp3) is 0.571. The standard InChI is InChI=1S/C14H22ClFN2O2S/c1-5-18(9-10(2)3)21(19,20)12-6-11(8-17-4)14(15)13(16)7-12/h6-7,10,17H,5,8-9H2,1-4H3. The molecule has 0 heterocycles. The van der Waals surface area contributed by atoms with Gasteiger partial charge in [0.1, 0.15) is 5.82 Å². The van der Waals surface area contributed by atoms with E-state index in [4.69, 9.17) is 11.6 Å². The Bertz CT molecular complexity index is 591. The van der Waals surface area contributed by atoms with Gasteiger partial charge in [0, 0.05) is 19.6 Å². The molecular weight excluding hydrogens is 315 g/mol. The molecule has 7 heteroatoms. The van der Waals surface area contributed by atoms with Crippen LogP contribution in [0.2, 0.25) is 5.02 Å². The second-order valence-electron chi connectivity index (χ2n) is 5.26. The van der Waals surface area contributed by atoms with Crippen molar-refractivity contribution in [3.05, 3.63) is 28.5 Å². The minimum absolute atomic E-state index is 0.0461. The van der Waals surface area contributed by atoms with Gasteiger partial charge in [-0.25, -0.2) is 12.8 Å². The van der Waals surface area contributed by atoms with E-state index in [0.29, 0.717) is 25.2 Å². The molecule has 1 aromatic carbocycles. The average Bonchev–Trinajstić information content (AvgIpc) is 2.40. The number of benzene rings is 1. The molecule has 0 saturated heterocycles. The Labute approximate surface area is 131 Å². The maximum absolute atomic E-state index is 13.9. The lowest BCUT2D eigenvalue weighted by Gasteiger charge is -2.23. The van der Waals surface area contributed by atoms with Crippen molar-refractivity contribution < 1.29 is 12.8 Å². The molecule has 0 bridgehead atoms. The summed E-state index contributed by atoms with van der Waals surface area (Å²) in [5.74, 6) is -0.530. The third-order valence-corrected chi connectivity index (χ3v) is 5.35. The largest absolute Gasteiger partial charge is 0.316 e. The summed E-state index contributed by atoms with van der Waals surface area (Å²) in [6, 6.07) is 2.42. The summed E-state index contributed by atoms with van der Waals surface area (Å²) in [6.07, 6.45) is 0. The van der Waals surface area contributed by atoms with Crippen LogP contribution in [0.3, 0.4) is 0 Å². The van der Waals surface area contributed by atoms with Gasteiger partial charge in [0.15, 0.2) is 0 Å². The summed E-state index contributed by atoms with van der Waals surface area (Å²) >= 11 is 5.87. The molecule has 1 rings (SSSR count). The molecule has 1 N–H and O–H groups in total. The van der Waals surface area contributed by atoms with Crippen molar-refractivity contribution in [3.8, 4) is 0 Å². The minimum Gasteiger partial charge on any atom is -0.316 e. The molecule has 0 unspecified atom stereocenters. The maximum atomic E-state index is 13.9. The van der Waals surface area contributed by atoms with E-state index in [-0.39, 0.29) is 15.8 Å². The highest BCUT2D eigenvalue weighted by molar-refractivity contribution is 7.89. The topological polar surface area (TPSA) is 49.4 Å². The fourth-order valence-corrected chi connectivity index (χ4v) is 3.89. The van der Waals surface area contributed by atoms with Crippen LogP contribution in [0.25, 0.3) is 0 Å². The van der Waals surface area contributed by atoms with Gasteiger partial charge >= 0.3 is 0 Å². The van der Waals surface area contributed by atoms with Crippen LogP contribution in [-0.2, 0) is 16.6 Å². The Morgan fingerprint density at radius 3 is 2.48 bits per heavy atom. The number of nitrogens with one attached hydrogen (secondary N) is 1. The van der Waals surface area contributed by atoms with E-state index in [9.17, 15) is 12.8 Å². The van der Waals surface area contributed by atoms with Crippen LogP contribution in [0.4, 0.5) is 4.39 Å². The van der Waals surface area contributed by atoms with E-state index >= 15 is 0 Å². The fourth-order valence-electron chi connectivity index (χ4n) is 2.04. The molecule has 0 radical (unpaired) electrons. The summed E-state index contributed by atoms with van der Waals surface area (Å²) in [5, 5.41) is 2.80. The highest BCUT2D eigenvalue weighted by atomic mass is 35.5. The van der Waals surface area contributed by atoms with Crippen molar-refractivity contribution in [1.82, 2.24) is 9.62 Å². The SMILES string of the molecule is CCN(CC(C)C)S(=O)(=O)c1cc(F)c(Cl)c(CNC)c1. The zero-order valence-corrected chi connectivity index (χ0v) is 14.4. The van der Waals surface area contributed by atoms with E-state index in [1.165, 1.54) is 10.4 Å². The quantitative estimate of drug-likeness (QED) is 0.833. The van der Waals surface area contributed by atoms with E-state index in [1.807, 2.05) is 13.8 Å². The number of halogens is 2. The lowest BCUT2D eigenvalue weighted by Crippen LogP contribution is -2.34. The molecule has 0 amide bonds. The molecule has 0 fully saturated rings. The molecule has 0 aromatic heterocycles. The third-order valence-electron chi connectivity index (χ3n) is 3.00. The van der Waals surface area contributed by atoms with Crippen LogP contribution in [-0.4, -0.2) is 32.9 Å².